The van der Waals surface area contributed by atoms with Crippen LogP contribution in [-0.2, 0) is 19.4 Å². The van der Waals surface area contributed by atoms with Gasteiger partial charge in [-0.1, -0.05) is 31.0 Å². The van der Waals surface area contributed by atoms with Crippen molar-refractivity contribution in [3.63, 3.8) is 0 Å². The number of sulfone groups is 1. The second kappa shape index (κ2) is 7.52. The molecule has 1 saturated carbocycles. The summed E-state index contributed by atoms with van der Waals surface area (Å²) in [4.78, 5) is 24.5. The molecule has 1 aliphatic carbocycles. The first-order valence-corrected chi connectivity index (χ1v) is 10.1. The molecule has 6 nitrogen and oxygen atoms in total. The van der Waals surface area contributed by atoms with E-state index in [-0.39, 0.29) is 23.5 Å². The van der Waals surface area contributed by atoms with E-state index in [9.17, 15) is 18.0 Å². The average molecular weight is 388 g/mol. The van der Waals surface area contributed by atoms with Gasteiger partial charge in [-0.05, 0) is 49.2 Å². The van der Waals surface area contributed by atoms with Crippen LogP contribution in [0, 0.1) is 0 Å². The SMILES string of the molecule is COC(=O)c1ccc(OC(=O)C2(S(=O)(=O)c3ccccc3)CCCC2)cc1. The molecule has 7 heteroatoms. The molecule has 0 spiro atoms. The largest absolute Gasteiger partial charge is 0.465 e. The van der Waals surface area contributed by atoms with Crippen LogP contribution in [0.25, 0.3) is 0 Å². The minimum Gasteiger partial charge on any atom is -0.465 e. The Balaban J connectivity index is 1.89. The number of benzene rings is 2. The number of esters is 2. The summed E-state index contributed by atoms with van der Waals surface area (Å²) in [7, 11) is -2.62. The second-order valence-corrected chi connectivity index (χ2v) is 8.68. The lowest BCUT2D eigenvalue weighted by Crippen LogP contribution is -2.46. The molecule has 0 N–H and O–H groups in total. The number of methoxy groups -OCH3 is 1. The van der Waals surface area contributed by atoms with Crippen LogP contribution in [0.2, 0.25) is 0 Å². The molecule has 0 atom stereocenters. The smallest absolute Gasteiger partial charge is 0.337 e. The van der Waals surface area contributed by atoms with Crippen molar-refractivity contribution in [2.24, 2.45) is 0 Å². The molecule has 0 radical (unpaired) electrons. The first kappa shape index (κ1) is 19.1. The lowest BCUT2D eigenvalue weighted by Gasteiger charge is -2.26. The Bertz CT molecular complexity index is 926. The molecule has 2 aromatic carbocycles. The Morgan fingerprint density at radius 1 is 0.926 bits per heavy atom. The van der Waals surface area contributed by atoms with E-state index >= 15 is 0 Å². The van der Waals surface area contributed by atoms with E-state index in [1.54, 1.807) is 18.2 Å². The fourth-order valence-electron chi connectivity index (χ4n) is 3.33. The molecular formula is C20H20O6S. The third kappa shape index (κ3) is 3.47. The molecule has 3 rings (SSSR count). The highest BCUT2D eigenvalue weighted by molar-refractivity contribution is 7.93. The van der Waals surface area contributed by atoms with E-state index in [1.807, 2.05) is 0 Å². The molecule has 0 unspecified atom stereocenters. The van der Waals surface area contributed by atoms with Gasteiger partial charge in [0, 0.05) is 0 Å². The monoisotopic (exact) mass is 388 g/mol. The van der Waals surface area contributed by atoms with E-state index < -0.39 is 26.5 Å². The predicted octanol–water partition coefficient (Wildman–Crippen LogP) is 3.17. The summed E-state index contributed by atoms with van der Waals surface area (Å²) in [5.41, 5.74) is 0.310. The van der Waals surface area contributed by atoms with Crippen LogP contribution in [0.15, 0.2) is 59.5 Å². The molecule has 0 aliphatic heterocycles. The standard InChI is InChI=1S/C20H20O6S/c1-25-18(21)15-9-11-16(12-10-15)26-19(22)20(13-5-6-14-20)27(23,24)17-7-3-2-4-8-17/h2-4,7-12H,5-6,13-14H2,1H3. The number of carbonyl (C=O) groups is 2. The third-order valence-corrected chi connectivity index (χ3v) is 7.33. The fraction of sp³-hybridized carbons (Fsp3) is 0.300. The highest BCUT2D eigenvalue weighted by atomic mass is 32.2. The summed E-state index contributed by atoms with van der Waals surface area (Å²) in [6.07, 6.45) is 1.73. The summed E-state index contributed by atoms with van der Waals surface area (Å²) in [5, 5.41) is 0. The highest BCUT2D eigenvalue weighted by Gasteiger charge is 2.54. The van der Waals surface area contributed by atoms with Crippen molar-refractivity contribution in [3.05, 3.63) is 60.2 Å². The van der Waals surface area contributed by atoms with Crippen molar-refractivity contribution in [1.82, 2.24) is 0 Å². The maximum atomic E-state index is 13.2. The molecule has 1 fully saturated rings. The molecule has 0 aromatic heterocycles. The van der Waals surface area contributed by atoms with Gasteiger partial charge in [0.2, 0.25) is 0 Å². The van der Waals surface area contributed by atoms with Crippen LogP contribution in [0.4, 0.5) is 0 Å². The van der Waals surface area contributed by atoms with Crippen molar-refractivity contribution in [2.75, 3.05) is 7.11 Å². The molecule has 0 saturated heterocycles. The van der Waals surface area contributed by atoms with E-state index in [1.165, 1.54) is 43.5 Å². The van der Waals surface area contributed by atoms with Gasteiger partial charge in [0.1, 0.15) is 5.75 Å². The number of carbonyl (C=O) groups excluding carboxylic acids is 2. The Labute approximate surface area is 158 Å². The Morgan fingerprint density at radius 3 is 2.07 bits per heavy atom. The van der Waals surface area contributed by atoms with E-state index in [2.05, 4.69) is 4.74 Å². The minimum absolute atomic E-state index is 0.116. The van der Waals surface area contributed by atoms with Crippen LogP contribution in [0.1, 0.15) is 36.0 Å². The molecule has 2 aromatic rings. The van der Waals surface area contributed by atoms with Gasteiger partial charge in [0.15, 0.2) is 14.6 Å². The fourth-order valence-corrected chi connectivity index (χ4v) is 5.38. The van der Waals surface area contributed by atoms with Crippen molar-refractivity contribution in [2.45, 2.75) is 35.3 Å². The van der Waals surface area contributed by atoms with Crippen LogP contribution in [0.5, 0.6) is 5.75 Å². The van der Waals surface area contributed by atoms with Gasteiger partial charge < -0.3 is 9.47 Å². The first-order valence-electron chi connectivity index (χ1n) is 8.61. The molecule has 0 heterocycles. The summed E-state index contributed by atoms with van der Waals surface area (Å²) >= 11 is 0. The topological polar surface area (TPSA) is 86.7 Å². The summed E-state index contributed by atoms with van der Waals surface area (Å²) in [6, 6.07) is 13.8. The molecule has 0 bridgehead atoms. The lowest BCUT2D eigenvalue weighted by atomic mass is 10.1. The van der Waals surface area contributed by atoms with Crippen molar-refractivity contribution in [3.8, 4) is 5.75 Å². The van der Waals surface area contributed by atoms with Gasteiger partial charge in [-0.2, -0.15) is 0 Å². The number of ether oxygens (including phenoxy) is 2. The quantitative estimate of drug-likeness (QED) is 0.578. The Kier molecular flexibility index (Phi) is 5.32. The Morgan fingerprint density at radius 2 is 1.52 bits per heavy atom. The third-order valence-electron chi connectivity index (χ3n) is 4.84. The van der Waals surface area contributed by atoms with Gasteiger partial charge in [-0.3, -0.25) is 0 Å². The number of rotatable bonds is 5. The van der Waals surface area contributed by atoms with Crippen LogP contribution < -0.4 is 4.74 Å². The minimum atomic E-state index is -3.89. The van der Waals surface area contributed by atoms with Crippen molar-refractivity contribution in [1.29, 1.82) is 0 Å². The molecule has 1 aliphatic rings. The van der Waals surface area contributed by atoms with Gasteiger partial charge >= 0.3 is 11.9 Å². The van der Waals surface area contributed by atoms with Crippen molar-refractivity contribution >= 4 is 21.8 Å². The number of hydrogen-bond donors (Lipinski definition) is 0. The lowest BCUT2D eigenvalue weighted by molar-refractivity contribution is -0.137. The second-order valence-electron chi connectivity index (χ2n) is 6.42. The van der Waals surface area contributed by atoms with Gasteiger partial charge in [0.25, 0.3) is 0 Å². The van der Waals surface area contributed by atoms with Crippen LogP contribution >= 0.6 is 0 Å². The van der Waals surface area contributed by atoms with Crippen LogP contribution in [0.3, 0.4) is 0 Å². The normalized spacial score (nSPS) is 15.9. The van der Waals surface area contributed by atoms with Crippen LogP contribution in [-0.4, -0.2) is 32.2 Å². The van der Waals surface area contributed by atoms with E-state index in [0.29, 0.717) is 18.4 Å². The molecule has 27 heavy (non-hydrogen) atoms. The zero-order chi connectivity index (χ0) is 19.5. The van der Waals surface area contributed by atoms with Gasteiger partial charge in [0.05, 0.1) is 17.6 Å². The van der Waals surface area contributed by atoms with Crippen molar-refractivity contribution < 1.29 is 27.5 Å². The molecule has 142 valence electrons. The molecular weight excluding hydrogens is 368 g/mol. The molecule has 0 amide bonds. The maximum Gasteiger partial charge on any atom is 0.337 e. The zero-order valence-electron chi connectivity index (χ0n) is 14.9. The van der Waals surface area contributed by atoms with E-state index in [0.717, 1.165) is 0 Å². The summed E-state index contributed by atoms with van der Waals surface area (Å²) in [5.74, 6) is -1.11. The van der Waals surface area contributed by atoms with Gasteiger partial charge in [-0.25, -0.2) is 18.0 Å². The highest BCUT2D eigenvalue weighted by Crippen LogP contribution is 2.41. The zero-order valence-corrected chi connectivity index (χ0v) is 15.7. The average Bonchev–Trinajstić information content (AvgIpc) is 3.20. The predicted molar refractivity (Wildman–Crippen MR) is 98.2 cm³/mol. The maximum absolute atomic E-state index is 13.2. The van der Waals surface area contributed by atoms with E-state index in [4.69, 9.17) is 4.74 Å². The van der Waals surface area contributed by atoms with Gasteiger partial charge in [-0.15, -0.1) is 0 Å². The summed E-state index contributed by atoms with van der Waals surface area (Å²) in [6.45, 7) is 0. The number of hydrogen-bond acceptors (Lipinski definition) is 6. The summed E-state index contributed by atoms with van der Waals surface area (Å²) < 4.78 is 34.9. The Hall–Kier alpha value is -2.67. The first-order chi connectivity index (χ1) is 12.9.